The van der Waals surface area contributed by atoms with Gasteiger partial charge in [-0.05, 0) is 26.0 Å². The van der Waals surface area contributed by atoms with Gasteiger partial charge in [-0.1, -0.05) is 30.0 Å². The number of ether oxygens (including phenoxy) is 3. The van der Waals surface area contributed by atoms with Gasteiger partial charge in [-0.2, -0.15) is 0 Å². The third kappa shape index (κ3) is 5.69. The lowest BCUT2D eigenvalue weighted by Gasteiger charge is -2.43. The van der Waals surface area contributed by atoms with Crippen LogP contribution in [0.4, 0.5) is 0 Å². The van der Waals surface area contributed by atoms with Crippen LogP contribution < -0.4 is 0 Å². The first kappa shape index (κ1) is 22.5. The zero-order chi connectivity index (χ0) is 21.7. The molecule has 9 heteroatoms. The molecule has 2 aliphatic heterocycles. The summed E-state index contributed by atoms with van der Waals surface area (Å²) in [6.45, 7) is 3.09. The summed E-state index contributed by atoms with van der Waals surface area (Å²) in [6.07, 6.45) is 1.32. The Labute approximate surface area is 179 Å². The molecular formula is C21H25NO7S. The van der Waals surface area contributed by atoms with Crippen molar-refractivity contribution in [2.75, 3.05) is 19.8 Å². The largest absolute Gasteiger partial charge is 0.455 e. The van der Waals surface area contributed by atoms with Crippen LogP contribution in [0.1, 0.15) is 20.3 Å². The molecule has 0 saturated carbocycles. The van der Waals surface area contributed by atoms with E-state index in [1.54, 1.807) is 13.8 Å². The summed E-state index contributed by atoms with van der Waals surface area (Å²) in [6, 6.07) is 9.74. The third-order valence-corrected chi connectivity index (χ3v) is 5.92. The van der Waals surface area contributed by atoms with Gasteiger partial charge in [-0.15, -0.1) is 0 Å². The van der Waals surface area contributed by atoms with E-state index in [4.69, 9.17) is 14.2 Å². The van der Waals surface area contributed by atoms with Gasteiger partial charge in [-0.3, -0.25) is 14.5 Å². The lowest BCUT2D eigenvalue weighted by Crippen LogP contribution is -2.56. The molecule has 1 fully saturated rings. The SMILES string of the molecule is CC1OC(Sc2ccccc2)CC(C)(O)C1OC(=O)COCCN1C(=O)C=CC1=O. The molecule has 1 N–H and O–H groups in total. The number of hydrogen-bond donors (Lipinski definition) is 1. The highest BCUT2D eigenvalue weighted by molar-refractivity contribution is 7.99. The second-order valence-electron chi connectivity index (χ2n) is 7.39. The second-order valence-corrected chi connectivity index (χ2v) is 8.62. The molecule has 1 aromatic rings. The van der Waals surface area contributed by atoms with E-state index in [0.29, 0.717) is 6.42 Å². The smallest absolute Gasteiger partial charge is 0.332 e. The molecule has 4 atom stereocenters. The Hall–Kier alpha value is -2.20. The molecule has 1 aromatic carbocycles. The first-order valence-electron chi connectivity index (χ1n) is 9.66. The highest BCUT2D eigenvalue weighted by atomic mass is 32.2. The minimum absolute atomic E-state index is 0.0111. The first-order chi connectivity index (χ1) is 14.3. The molecule has 2 heterocycles. The summed E-state index contributed by atoms with van der Waals surface area (Å²) in [5, 5.41) is 10.9. The molecular weight excluding hydrogens is 410 g/mol. The fourth-order valence-corrected chi connectivity index (χ4v) is 4.67. The van der Waals surface area contributed by atoms with E-state index in [9.17, 15) is 19.5 Å². The predicted molar refractivity (Wildman–Crippen MR) is 108 cm³/mol. The van der Waals surface area contributed by atoms with E-state index in [-0.39, 0.29) is 25.2 Å². The number of imide groups is 1. The van der Waals surface area contributed by atoms with Crippen molar-refractivity contribution in [3.05, 3.63) is 42.5 Å². The summed E-state index contributed by atoms with van der Waals surface area (Å²) < 4.78 is 16.6. The maximum Gasteiger partial charge on any atom is 0.332 e. The highest BCUT2D eigenvalue weighted by Gasteiger charge is 2.46. The Balaban J connectivity index is 1.44. The van der Waals surface area contributed by atoms with Crippen LogP contribution >= 0.6 is 11.8 Å². The van der Waals surface area contributed by atoms with Crippen LogP contribution in [0.2, 0.25) is 0 Å². The van der Waals surface area contributed by atoms with E-state index >= 15 is 0 Å². The summed E-state index contributed by atoms with van der Waals surface area (Å²) in [5.74, 6) is -1.46. The Bertz CT molecular complexity index is 793. The van der Waals surface area contributed by atoms with E-state index in [1.807, 2.05) is 30.3 Å². The molecule has 4 unspecified atom stereocenters. The molecule has 0 aliphatic carbocycles. The van der Waals surface area contributed by atoms with Crippen molar-refractivity contribution in [3.8, 4) is 0 Å². The van der Waals surface area contributed by atoms with Gasteiger partial charge in [0.05, 0.1) is 19.3 Å². The molecule has 0 aromatic heterocycles. The Morgan fingerprint density at radius 3 is 2.57 bits per heavy atom. The van der Waals surface area contributed by atoms with Gasteiger partial charge in [0, 0.05) is 23.5 Å². The predicted octanol–water partition coefficient (Wildman–Crippen LogP) is 1.52. The monoisotopic (exact) mass is 435 g/mol. The molecule has 3 rings (SSSR count). The van der Waals surface area contributed by atoms with E-state index in [1.165, 1.54) is 23.9 Å². The number of carbonyl (C=O) groups is 3. The van der Waals surface area contributed by atoms with Crippen molar-refractivity contribution in [2.24, 2.45) is 0 Å². The first-order valence-corrected chi connectivity index (χ1v) is 10.5. The van der Waals surface area contributed by atoms with Crippen LogP contribution in [0.25, 0.3) is 0 Å². The number of nitrogens with zero attached hydrogens (tertiary/aromatic N) is 1. The standard InChI is InChI=1S/C21H25NO7S/c1-14-20(21(2,26)12-19(28-14)30-15-6-4-3-5-7-15)29-18(25)13-27-11-10-22-16(23)8-9-17(22)24/h3-9,14,19-20,26H,10-13H2,1-2H3. The molecule has 0 spiro atoms. The third-order valence-electron chi connectivity index (χ3n) is 4.83. The van der Waals surface area contributed by atoms with Crippen molar-refractivity contribution in [3.63, 3.8) is 0 Å². The van der Waals surface area contributed by atoms with Gasteiger partial charge >= 0.3 is 5.97 Å². The average Bonchev–Trinajstić information content (AvgIpc) is 3.00. The number of esters is 1. The summed E-state index contributed by atoms with van der Waals surface area (Å²) in [5.41, 5.74) is -1.53. The average molecular weight is 435 g/mol. The van der Waals surface area contributed by atoms with Crippen molar-refractivity contribution in [1.29, 1.82) is 0 Å². The second kappa shape index (κ2) is 9.74. The Kier molecular flexibility index (Phi) is 7.30. The van der Waals surface area contributed by atoms with Crippen LogP contribution in [0.15, 0.2) is 47.4 Å². The Morgan fingerprint density at radius 1 is 1.27 bits per heavy atom. The molecule has 30 heavy (non-hydrogen) atoms. The van der Waals surface area contributed by atoms with E-state index in [0.717, 1.165) is 9.80 Å². The van der Waals surface area contributed by atoms with E-state index in [2.05, 4.69) is 0 Å². The number of carbonyl (C=O) groups excluding carboxylic acids is 3. The maximum absolute atomic E-state index is 12.2. The van der Waals surface area contributed by atoms with Crippen molar-refractivity contribution < 1.29 is 33.7 Å². The van der Waals surface area contributed by atoms with Crippen LogP contribution in [0, 0.1) is 0 Å². The van der Waals surface area contributed by atoms with Gasteiger partial charge in [0.2, 0.25) is 0 Å². The van der Waals surface area contributed by atoms with Gasteiger partial charge in [0.25, 0.3) is 11.8 Å². The van der Waals surface area contributed by atoms with Crippen molar-refractivity contribution in [1.82, 2.24) is 4.90 Å². The number of rotatable bonds is 8. The van der Waals surface area contributed by atoms with Gasteiger partial charge in [-0.25, -0.2) is 4.79 Å². The lowest BCUT2D eigenvalue weighted by atomic mass is 9.89. The quantitative estimate of drug-likeness (QED) is 0.373. The van der Waals surface area contributed by atoms with E-state index < -0.39 is 35.6 Å². The van der Waals surface area contributed by atoms with Crippen LogP contribution in [0.3, 0.4) is 0 Å². The molecule has 162 valence electrons. The maximum atomic E-state index is 12.2. The molecule has 8 nitrogen and oxygen atoms in total. The van der Waals surface area contributed by atoms with Crippen LogP contribution in [-0.4, -0.2) is 70.8 Å². The minimum atomic E-state index is -1.26. The minimum Gasteiger partial charge on any atom is -0.455 e. The molecule has 0 bridgehead atoms. The highest BCUT2D eigenvalue weighted by Crippen LogP contribution is 2.38. The molecule has 2 aliphatic rings. The van der Waals surface area contributed by atoms with Gasteiger partial charge < -0.3 is 19.3 Å². The number of amides is 2. The normalized spacial score (nSPS) is 28.8. The molecule has 0 radical (unpaired) electrons. The lowest BCUT2D eigenvalue weighted by molar-refractivity contribution is -0.211. The number of benzene rings is 1. The summed E-state index contributed by atoms with van der Waals surface area (Å²) in [4.78, 5) is 37.1. The topological polar surface area (TPSA) is 102 Å². The fraction of sp³-hybridized carbons (Fsp3) is 0.476. The van der Waals surface area contributed by atoms with Gasteiger partial charge in [0.15, 0.2) is 6.10 Å². The molecule has 2 amide bonds. The summed E-state index contributed by atoms with van der Waals surface area (Å²) in [7, 11) is 0. The fourth-order valence-electron chi connectivity index (χ4n) is 3.40. The van der Waals surface area contributed by atoms with Crippen molar-refractivity contribution in [2.45, 2.75) is 48.4 Å². The molecule has 1 saturated heterocycles. The van der Waals surface area contributed by atoms with Crippen LogP contribution in [-0.2, 0) is 28.6 Å². The summed E-state index contributed by atoms with van der Waals surface area (Å²) >= 11 is 1.51. The van der Waals surface area contributed by atoms with Gasteiger partial charge in [0.1, 0.15) is 17.6 Å². The zero-order valence-electron chi connectivity index (χ0n) is 16.9. The Morgan fingerprint density at radius 2 is 1.93 bits per heavy atom. The number of thioether (sulfide) groups is 1. The number of aliphatic hydroxyl groups is 1. The number of hydrogen-bond acceptors (Lipinski definition) is 8. The van der Waals surface area contributed by atoms with Crippen LogP contribution in [0.5, 0.6) is 0 Å². The van der Waals surface area contributed by atoms with Crippen molar-refractivity contribution >= 4 is 29.5 Å². The zero-order valence-corrected chi connectivity index (χ0v) is 17.7.